The van der Waals surface area contributed by atoms with Crippen molar-refractivity contribution in [1.29, 1.82) is 0 Å². The molecule has 0 heterocycles. The molecule has 1 aliphatic carbocycles. The summed E-state index contributed by atoms with van der Waals surface area (Å²) in [6.45, 7) is 1.54. The summed E-state index contributed by atoms with van der Waals surface area (Å²) in [7, 11) is 0. The number of amides is 1. The second-order valence-corrected chi connectivity index (χ2v) is 6.62. The molecule has 0 spiro atoms. The fourth-order valence-electron chi connectivity index (χ4n) is 3.23. The molecule has 2 atom stereocenters. The Morgan fingerprint density at radius 1 is 1.22 bits per heavy atom. The number of halogens is 1. The molecule has 0 bridgehead atoms. The molecule has 0 saturated carbocycles. The maximum absolute atomic E-state index is 13.1. The first-order valence-electron chi connectivity index (χ1n) is 9.05. The van der Waals surface area contributed by atoms with Gasteiger partial charge in [0.15, 0.2) is 6.10 Å². The summed E-state index contributed by atoms with van der Waals surface area (Å²) >= 11 is 0. The molecule has 4 nitrogen and oxygen atoms in total. The van der Waals surface area contributed by atoms with Gasteiger partial charge in [-0.1, -0.05) is 36.4 Å². The Morgan fingerprint density at radius 3 is 2.85 bits per heavy atom. The van der Waals surface area contributed by atoms with Gasteiger partial charge in [-0.2, -0.15) is 0 Å². The van der Waals surface area contributed by atoms with Crippen molar-refractivity contribution in [2.75, 3.05) is 0 Å². The third-order valence-electron chi connectivity index (χ3n) is 4.61. The summed E-state index contributed by atoms with van der Waals surface area (Å²) in [6.07, 6.45) is 4.61. The molecule has 5 heteroatoms. The fraction of sp³-hybridized carbons (Fsp3) is 0.273. The number of fused-ring (bicyclic) bond motifs is 1. The summed E-state index contributed by atoms with van der Waals surface area (Å²) in [5.74, 6) is -1.36. The standard InChI is InChI=1S/C22H22FNO3/c1-15(27-21(25)13-12-16-6-4-9-18(23)14-16)22(26)24-20-11-5-8-17-7-2-3-10-19(17)20/h2-4,6-7,9-10,12-15,20H,5,8,11H2,1H3,(H,24,26)/b13-12+/t15-,20-/m1/s1. The van der Waals surface area contributed by atoms with E-state index in [-0.39, 0.29) is 17.8 Å². The summed E-state index contributed by atoms with van der Waals surface area (Å²) in [4.78, 5) is 24.3. The van der Waals surface area contributed by atoms with E-state index in [1.807, 2.05) is 18.2 Å². The molecule has 1 N–H and O–H groups in total. The van der Waals surface area contributed by atoms with Crippen molar-refractivity contribution in [3.05, 3.63) is 77.1 Å². The van der Waals surface area contributed by atoms with Crippen LogP contribution in [0.25, 0.3) is 6.08 Å². The van der Waals surface area contributed by atoms with Gasteiger partial charge in [-0.05, 0) is 61.1 Å². The van der Waals surface area contributed by atoms with Crippen molar-refractivity contribution in [1.82, 2.24) is 5.32 Å². The van der Waals surface area contributed by atoms with Crippen LogP contribution in [-0.2, 0) is 20.7 Å². The second-order valence-electron chi connectivity index (χ2n) is 6.62. The van der Waals surface area contributed by atoms with E-state index < -0.39 is 12.1 Å². The van der Waals surface area contributed by atoms with E-state index in [0.29, 0.717) is 5.56 Å². The lowest BCUT2D eigenvalue weighted by molar-refractivity contribution is -0.150. The highest BCUT2D eigenvalue weighted by atomic mass is 19.1. The minimum absolute atomic E-state index is 0.0635. The largest absolute Gasteiger partial charge is 0.449 e. The van der Waals surface area contributed by atoms with Gasteiger partial charge in [-0.25, -0.2) is 9.18 Å². The first kappa shape index (κ1) is 18.8. The van der Waals surface area contributed by atoms with E-state index >= 15 is 0 Å². The Labute approximate surface area is 158 Å². The van der Waals surface area contributed by atoms with Crippen LogP contribution >= 0.6 is 0 Å². The van der Waals surface area contributed by atoms with Crippen LogP contribution < -0.4 is 5.32 Å². The number of carbonyl (C=O) groups excluding carboxylic acids is 2. The SMILES string of the molecule is C[C@@H](OC(=O)/C=C/c1cccc(F)c1)C(=O)N[C@@H]1CCCc2ccccc21. The maximum Gasteiger partial charge on any atom is 0.331 e. The van der Waals surface area contributed by atoms with Crippen LogP contribution in [0.4, 0.5) is 4.39 Å². The van der Waals surface area contributed by atoms with Gasteiger partial charge in [-0.15, -0.1) is 0 Å². The van der Waals surface area contributed by atoms with E-state index in [4.69, 9.17) is 4.74 Å². The first-order valence-corrected chi connectivity index (χ1v) is 9.05. The van der Waals surface area contributed by atoms with Crippen LogP contribution in [0.1, 0.15) is 42.5 Å². The molecule has 3 rings (SSSR count). The van der Waals surface area contributed by atoms with Gasteiger partial charge in [0.25, 0.3) is 5.91 Å². The minimum Gasteiger partial charge on any atom is -0.449 e. The van der Waals surface area contributed by atoms with Gasteiger partial charge in [-0.3, -0.25) is 4.79 Å². The average Bonchev–Trinajstić information content (AvgIpc) is 2.66. The molecule has 0 saturated heterocycles. The zero-order valence-corrected chi connectivity index (χ0v) is 15.2. The monoisotopic (exact) mass is 367 g/mol. The topological polar surface area (TPSA) is 55.4 Å². The quantitative estimate of drug-likeness (QED) is 0.643. The van der Waals surface area contributed by atoms with E-state index in [9.17, 15) is 14.0 Å². The molecule has 2 aromatic rings. The van der Waals surface area contributed by atoms with Crippen LogP contribution in [-0.4, -0.2) is 18.0 Å². The normalized spacial score (nSPS) is 17.2. The molecule has 2 aromatic carbocycles. The summed E-state index contributed by atoms with van der Waals surface area (Å²) in [5, 5.41) is 2.97. The average molecular weight is 367 g/mol. The first-order chi connectivity index (χ1) is 13.0. The number of hydrogen-bond acceptors (Lipinski definition) is 3. The maximum atomic E-state index is 13.1. The molecule has 0 fully saturated rings. The number of benzene rings is 2. The fourth-order valence-corrected chi connectivity index (χ4v) is 3.23. The molecule has 0 unspecified atom stereocenters. The predicted molar refractivity (Wildman–Crippen MR) is 101 cm³/mol. The third kappa shape index (κ3) is 5.03. The van der Waals surface area contributed by atoms with Crippen molar-refractivity contribution in [3.63, 3.8) is 0 Å². The van der Waals surface area contributed by atoms with Gasteiger partial charge in [0.05, 0.1) is 6.04 Å². The smallest absolute Gasteiger partial charge is 0.331 e. The van der Waals surface area contributed by atoms with Crippen molar-refractivity contribution < 1.29 is 18.7 Å². The molecule has 0 aromatic heterocycles. The molecular weight excluding hydrogens is 345 g/mol. The van der Waals surface area contributed by atoms with Gasteiger partial charge < -0.3 is 10.1 Å². The van der Waals surface area contributed by atoms with Crippen molar-refractivity contribution in [2.24, 2.45) is 0 Å². The van der Waals surface area contributed by atoms with E-state index in [0.717, 1.165) is 24.8 Å². The number of ether oxygens (including phenoxy) is 1. The van der Waals surface area contributed by atoms with Crippen LogP contribution in [0.5, 0.6) is 0 Å². The van der Waals surface area contributed by atoms with Gasteiger partial charge in [0.2, 0.25) is 0 Å². The van der Waals surface area contributed by atoms with E-state index in [2.05, 4.69) is 11.4 Å². The second kappa shape index (κ2) is 8.62. The van der Waals surface area contributed by atoms with Crippen molar-refractivity contribution in [2.45, 2.75) is 38.3 Å². The number of esters is 1. The Hall–Kier alpha value is -2.95. The van der Waals surface area contributed by atoms with Gasteiger partial charge in [0, 0.05) is 6.08 Å². The van der Waals surface area contributed by atoms with Crippen molar-refractivity contribution in [3.8, 4) is 0 Å². The number of rotatable bonds is 5. The Bertz CT molecular complexity index is 862. The lowest BCUT2D eigenvalue weighted by Gasteiger charge is -2.27. The minimum atomic E-state index is -0.913. The highest BCUT2D eigenvalue weighted by Crippen LogP contribution is 2.29. The van der Waals surface area contributed by atoms with E-state index in [1.54, 1.807) is 12.1 Å². The molecular formula is C22H22FNO3. The number of aryl methyl sites for hydroxylation is 1. The van der Waals surface area contributed by atoms with Crippen LogP contribution in [0.2, 0.25) is 0 Å². The Morgan fingerprint density at radius 2 is 2.04 bits per heavy atom. The Kier molecular flexibility index (Phi) is 6.01. The van der Waals surface area contributed by atoms with Crippen LogP contribution in [0.3, 0.4) is 0 Å². The van der Waals surface area contributed by atoms with Crippen molar-refractivity contribution >= 4 is 18.0 Å². The van der Waals surface area contributed by atoms with Crippen LogP contribution in [0, 0.1) is 5.82 Å². The highest BCUT2D eigenvalue weighted by Gasteiger charge is 2.24. The Balaban J connectivity index is 1.56. The van der Waals surface area contributed by atoms with Crippen LogP contribution in [0.15, 0.2) is 54.6 Å². The predicted octanol–water partition coefficient (Wildman–Crippen LogP) is 3.96. The van der Waals surface area contributed by atoms with E-state index in [1.165, 1.54) is 36.8 Å². The summed E-state index contributed by atoms with van der Waals surface area (Å²) < 4.78 is 18.3. The molecule has 1 aliphatic rings. The lowest BCUT2D eigenvalue weighted by Crippen LogP contribution is -2.39. The molecule has 1 amide bonds. The zero-order chi connectivity index (χ0) is 19.2. The number of carbonyl (C=O) groups is 2. The summed E-state index contributed by atoms with van der Waals surface area (Å²) in [6, 6.07) is 13.9. The molecule has 0 aliphatic heterocycles. The van der Waals surface area contributed by atoms with Gasteiger partial charge in [0.1, 0.15) is 5.82 Å². The van der Waals surface area contributed by atoms with Gasteiger partial charge >= 0.3 is 5.97 Å². The number of hydrogen-bond donors (Lipinski definition) is 1. The third-order valence-corrected chi connectivity index (χ3v) is 4.61. The molecule has 140 valence electrons. The summed E-state index contributed by atoms with van der Waals surface area (Å²) in [5.41, 5.74) is 2.92. The lowest BCUT2D eigenvalue weighted by atomic mass is 9.87. The number of nitrogens with one attached hydrogen (secondary N) is 1. The molecule has 0 radical (unpaired) electrons. The highest BCUT2D eigenvalue weighted by molar-refractivity contribution is 5.90. The molecule has 27 heavy (non-hydrogen) atoms. The zero-order valence-electron chi connectivity index (χ0n) is 15.2.